The first-order valence-corrected chi connectivity index (χ1v) is 11.2. The molecule has 2 atom stereocenters. The van der Waals surface area contributed by atoms with Crippen LogP contribution in [0.5, 0.6) is 0 Å². The van der Waals surface area contributed by atoms with Gasteiger partial charge in [-0.15, -0.1) is 5.10 Å². The monoisotopic (exact) mass is 386 g/mol. The van der Waals surface area contributed by atoms with Crippen LogP contribution in [0.15, 0.2) is 11.2 Å². The zero-order chi connectivity index (χ0) is 18.2. The number of rotatable bonds is 5. The topological polar surface area (TPSA) is 94.7 Å². The molecule has 1 fully saturated rings. The third-order valence-electron chi connectivity index (χ3n) is 5.92. The van der Waals surface area contributed by atoms with Gasteiger partial charge in [-0.2, -0.15) is 4.98 Å². The van der Waals surface area contributed by atoms with Crippen LogP contribution in [0.25, 0.3) is 0 Å². The molecule has 1 aliphatic heterocycles. The molecule has 5 rings (SSSR count). The fourth-order valence-electron chi connectivity index (χ4n) is 4.62. The molecule has 1 saturated heterocycles. The second-order valence-electron chi connectivity index (χ2n) is 7.75. The van der Waals surface area contributed by atoms with E-state index in [4.69, 9.17) is 0 Å². The number of aryl methyl sites for hydroxylation is 2. The molecule has 2 unspecified atom stereocenters. The summed E-state index contributed by atoms with van der Waals surface area (Å²) in [5.41, 5.74) is 7.01. The van der Waals surface area contributed by atoms with Gasteiger partial charge >= 0.3 is 0 Å². The second-order valence-corrected chi connectivity index (χ2v) is 8.91. The Balaban J connectivity index is 1.35. The molecule has 2 aliphatic carbocycles. The third kappa shape index (κ3) is 3.41. The van der Waals surface area contributed by atoms with E-state index in [1.165, 1.54) is 53.6 Å². The van der Waals surface area contributed by atoms with E-state index in [1.807, 2.05) is 0 Å². The highest BCUT2D eigenvalue weighted by molar-refractivity contribution is 7.82. The molecule has 3 aliphatic rings. The SMILES string of the molecule is O=S(NC1CCCNC1)c1nc(Nc2c3c(cc4c2CCC4)CCC3)n[nH]1. The second kappa shape index (κ2) is 7.33. The van der Waals surface area contributed by atoms with Crippen LogP contribution in [0.4, 0.5) is 11.6 Å². The fourth-order valence-corrected chi connectivity index (χ4v) is 5.54. The molecule has 8 heteroatoms. The Kier molecular flexibility index (Phi) is 4.71. The number of piperidine rings is 1. The van der Waals surface area contributed by atoms with Gasteiger partial charge in [0.25, 0.3) is 0 Å². The van der Waals surface area contributed by atoms with E-state index < -0.39 is 11.0 Å². The normalized spacial score (nSPS) is 22.4. The minimum absolute atomic E-state index is 0.210. The molecule has 0 saturated carbocycles. The maximum atomic E-state index is 12.6. The van der Waals surface area contributed by atoms with E-state index in [0.29, 0.717) is 11.1 Å². The third-order valence-corrected chi connectivity index (χ3v) is 7.00. The van der Waals surface area contributed by atoms with Crippen molar-refractivity contribution in [3.05, 3.63) is 28.3 Å². The van der Waals surface area contributed by atoms with E-state index in [1.54, 1.807) is 0 Å². The number of aromatic amines is 1. The molecular formula is C19H26N6OS. The van der Waals surface area contributed by atoms with Gasteiger partial charge in [0.2, 0.25) is 11.1 Å². The van der Waals surface area contributed by atoms with Crippen molar-refractivity contribution in [1.29, 1.82) is 0 Å². The molecule has 0 spiro atoms. The van der Waals surface area contributed by atoms with Crippen molar-refractivity contribution in [3.8, 4) is 0 Å². The summed E-state index contributed by atoms with van der Waals surface area (Å²) in [4.78, 5) is 4.46. The summed E-state index contributed by atoms with van der Waals surface area (Å²) in [6.45, 7) is 1.88. The molecule has 4 N–H and O–H groups in total. The Morgan fingerprint density at radius 3 is 2.56 bits per heavy atom. The maximum Gasteiger partial charge on any atom is 0.247 e. The smallest absolute Gasteiger partial charge is 0.247 e. The quantitative estimate of drug-likeness (QED) is 0.630. The van der Waals surface area contributed by atoms with E-state index >= 15 is 0 Å². The number of aromatic nitrogens is 3. The first kappa shape index (κ1) is 17.3. The summed E-state index contributed by atoms with van der Waals surface area (Å²) in [5.74, 6) is 0.510. The van der Waals surface area contributed by atoms with Gasteiger partial charge in [0, 0.05) is 18.3 Å². The van der Waals surface area contributed by atoms with Crippen LogP contribution >= 0.6 is 0 Å². The minimum Gasteiger partial charge on any atom is -0.322 e. The van der Waals surface area contributed by atoms with Gasteiger partial charge in [0.15, 0.2) is 11.0 Å². The first-order valence-electron chi connectivity index (χ1n) is 10.0. The van der Waals surface area contributed by atoms with Crippen molar-refractivity contribution in [2.24, 2.45) is 0 Å². The highest BCUT2D eigenvalue weighted by Gasteiger charge is 2.25. The molecule has 1 aromatic heterocycles. The van der Waals surface area contributed by atoms with E-state index in [2.05, 4.69) is 36.6 Å². The van der Waals surface area contributed by atoms with Gasteiger partial charge in [-0.1, -0.05) is 6.07 Å². The minimum atomic E-state index is -1.38. The number of nitrogens with one attached hydrogen (secondary N) is 4. The summed E-state index contributed by atoms with van der Waals surface area (Å²) in [6, 6.07) is 2.62. The molecule has 0 amide bonds. The molecule has 1 aromatic carbocycles. The van der Waals surface area contributed by atoms with Crippen LogP contribution < -0.4 is 15.4 Å². The highest BCUT2D eigenvalue weighted by Crippen LogP contribution is 2.39. The van der Waals surface area contributed by atoms with Crippen molar-refractivity contribution in [2.45, 2.75) is 62.6 Å². The maximum absolute atomic E-state index is 12.6. The lowest BCUT2D eigenvalue weighted by Gasteiger charge is -2.22. The highest BCUT2D eigenvalue weighted by atomic mass is 32.2. The Bertz CT molecular complexity index is 841. The lowest BCUT2D eigenvalue weighted by Crippen LogP contribution is -2.43. The summed E-state index contributed by atoms with van der Waals surface area (Å²) in [7, 11) is -1.38. The molecule has 2 heterocycles. The van der Waals surface area contributed by atoms with Gasteiger partial charge in [0.05, 0.1) is 0 Å². The summed E-state index contributed by atoms with van der Waals surface area (Å²) >= 11 is 0. The molecule has 144 valence electrons. The van der Waals surface area contributed by atoms with Gasteiger partial charge in [-0.05, 0) is 80.2 Å². The van der Waals surface area contributed by atoms with Crippen molar-refractivity contribution >= 4 is 22.6 Å². The van der Waals surface area contributed by atoms with Crippen molar-refractivity contribution in [3.63, 3.8) is 0 Å². The predicted octanol–water partition coefficient (Wildman–Crippen LogP) is 1.89. The number of benzene rings is 1. The lowest BCUT2D eigenvalue weighted by atomic mass is 9.99. The van der Waals surface area contributed by atoms with Crippen molar-refractivity contribution in [2.75, 3.05) is 18.4 Å². The Hall–Kier alpha value is -1.77. The summed E-state index contributed by atoms with van der Waals surface area (Å²) in [5, 5.41) is 14.3. The average Bonchev–Trinajstić information content (AvgIpc) is 3.42. The van der Waals surface area contributed by atoms with E-state index in [0.717, 1.165) is 38.8 Å². The first-order chi connectivity index (χ1) is 13.3. The Morgan fingerprint density at radius 1 is 1.07 bits per heavy atom. The van der Waals surface area contributed by atoms with Crippen LogP contribution in [0.3, 0.4) is 0 Å². The van der Waals surface area contributed by atoms with Crippen LogP contribution in [-0.2, 0) is 36.7 Å². The lowest BCUT2D eigenvalue weighted by molar-refractivity contribution is 0.436. The van der Waals surface area contributed by atoms with Gasteiger partial charge in [-0.3, -0.25) is 0 Å². The molecule has 0 bridgehead atoms. The number of fused-ring (bicyclic) bond motifs is 2. The zero-order valence-electron chi connectivity index (χ0n) is 15.4. The largest absolute Gasteiger partial charge is 0.322 e. The number of nitrogens with zero attached hydrogens (tertiary/aromatic N) is 2. The number of anilines is 2. The van der Waals surface area contributed by atoms with Crippen LogP contribution in [0, 0.1) is 0 Å². The average molecular weight is 387 g/mol. The molecule has 7 nitrogen and oxygen atoms in total. The van der Waals surface area contributed by atoms with Crippen molar-refractivity contribution in [1.82, 2.24) is 25.2 Å². The van der Waals surface area contributed by atoms with Crippen LogP contribution in [0.2, 0.25) is 0 Å². The summed E-state index contributed by atoms with van der Waals surface area (Å²) in [6.07, 6.45) is 9.13. The Labute approximate surface area is 161 Å². The standard InChI is InChI=1S/C19H26N6OS/c26-27(25-14-6-3-9-20-11-14)19-22-18(23-24-19)21-17-15-7-1-4-12(15)10-13-5-2-8-16(13)17/h10,14,20,25H,1-9,11H2,(H2,21,22,23,24). The zero-order valence-corrected chi connectivity index (χ0v) is 16.3. The molecular weight excluding hydrogens is 360 g/mol. The van der Waals surface area contributed by atoms with Gasteiger partial charge < -0.3 is 10.6 Å². The van der Waals surface area contributed by atoms with Gasteiger partial charge in [0.1, 0.15) is 0 Å². The Morgan fingerprint density at radius 2 is 1.85 bits per heavy atom. The fraction of sp³-hybridized carbons (Fsp3) is 0.579. The van der Waals surface area contributed by atoms with Gasteiger partial charge in [-0.25, -0.2) is 14.0 Å². The summed E-state index contributed by atoms with van der Waals surface area (Å²) < 4.78 is 15.7. The number of hydrogen-bond donors (Lipinski definition) is 4. The molecule has 0 radical (unpaired) electrons. The number of H-pyrrole nitrogens is 1. The van der Waals surface area contributed by atoms with Crippen LogP contribution in [0.1, 0.15) is 47.9 Å². The van der Waals surface area contributed by atoms with E-state index in [9.17, 15) is 4.21 Å². The van der Waals surface area contributed by atoms with E-state index in [-0.39, 0.29) is 6.04 Å². The number of hydrogen-bond acceptors (Lipinski definition) is 5. The predicted molar refractivity (Wildman–Crippen MR) is 106 cm³/mol. The molecule has 27 heavy (non-hydrogen) atoms. The van der Waals surface area contributed by atoms with Crippen molar-refractivity contribution < 1.29 is 4.21 Å². The molecule has 2 aromatic rings. The van der Waals surface area contributed by atoms with Crippen LogP contribution in [-0.4, -0.2) is 38.5 Å².